The van der Waals surface area contributed by atoms with Gasteiger partial charge in [0.15, 0.2) is 0 Å². The summed E-state index contributed by atoms with van der Waals surface area (Å²) < 4.78 is 13.6. The van der Waals surface area contributed by atoms with Crippen LogP contribution in [0.15, 0.2) is 60.9 Å². The largest absolute Gasteiger partial charge is 0.365 e. The minimum absolute atomic E-state index is 0.106. The topological polar surface area (TPSA) is 90.7 Å². The van der Waals surface area contributed by atoms with E-state index in [1.165, 1.54) is 18.5 Å². The Balaban J connectivity index is 1.65. The van der Waals surface area contributed by atoms with Crippen LogP contribution in [0.1, 0.15) is 21.6 Å². The first-order valence-electron chi connectivity index (χ1n) is 7.77. The van der Waals surface area contributed by atoms with E-state index < -0.39 is 5.91 Å². The highest BCUT2D eigenvalue weighted by Crippen LogP contribution is 2.15. The molecule has 1 amide bonds. The Bertz CT molecular complexity index is 966. The fourth-order valence-corrected chi connectivity index (χ4v) is 2.24. The zero-order valence-corrected chi connectivity index (χ0v) is 13.6. The molecule has 0 saturated carbocycles. The lowest BCUT2D eigenvalue weighted by Crippen LogP contribution is -2.15. The molecule has 26 heavy (non-hydrogen) atoms. The number of amides is 1. The van der Waals surface area contributed by atoms with Gasteiger partial charge in [0.25, 0.3) is 5.91 Å². The van der Waals surface area contributed by atoms with E-state index in [4.69, 9.17) is 5.26 Å². The predicted molar refractivity (Wildman–Crippen MR) is 94.9 cm³/mol. The maximum atomic E-state index is 13.6. The first kappa shape index (κ1) is 17.0. The van der Waals surface area contributed by atoms with Gasteiger partial charge in [-0.3, -0.25) is 4.79 Å². The van der Waals surface area contributed by atoms with Gasteiger partial charge in [-0.25, -0.2) is 14.4 Å². The quantitative estimate of drug-likeness (QED) is 0.738. The van der Waals surface area contributed by atoms with E-state index in [9.17, 15) is 9.18 Å². The molecule has 1 heterocycles. The van der Waals surface area contributed by atoms with Crippen LogP contribution in [-0.4, -0.2) is 15.9 Å². The summed E-state index contributed by atoms with van der Waals surface area (Å²) in [5, 5.41) is 14.6. The third kappa shape index (κ3) is 3.99. The highest BCUT2D eigenvalue weighted by molar-refractivity contribution is 6.03. The molecule has 0 atom stereocenters. The fraction of sp³-hybridized carbons (Fsp3) is 0.0526. The number of para-hydroxylation sites is 1. The van der Waals surface area contributed by atoms with Crippen LogP contribution in [0.3, 0.4) is 0 Å². The summed E-state index contributed by atoms with van der Waals surface area (Å²) in [6, 6.07) is 15.1. The molecule has 2 aromatic carbocycles. The van der Waals surface area contributed by atoms with E-state index in [2.05, 4.69) is 20.6 Å². The Kier molecular flexibility index (Phi) is 5.15. The van der Waals surface area contributed by atoms with Crippen molar-refractivity contribution in [1.82, 2.24) is 9.97 Å². The molecule has 1 aromatic heterocycles. The van der Waals surface area contributed by atoms with Gasteiger partial charge in [0.1, 0.15) is 23.4 Å². The maximum Gasteiger partial charge on any atom is 0.275 e. The number of nitriles is 1. The molecule has 0 aliphatic carbocycles. The number of halogens is 1. The van der Waals surface area contributed by atoms with E-state index in [-0.39, 0.29) is 18.1 Å². The Morgan fingerprint density at radius 1 is 1.08 bits per heavy atom. The first-order valence-corrected chi connectivity index (χ1v) is 7.77. The molecule has 0 saturated heterocycles. The van der Waals surface area contributed by atoms with Crippen LogP contribution in [-0.2, 0) is 6.54 Å². The van der Waals surface area contributed by atoms with Crippen molar-refractivity contribution in [2.45, 2.75) is 6.54 Å². The van der Waals surface area contributed by atoms with Gasteiger partial charge in [-0.15, -0.1) is 0 Å². The third-order valence-corrected chi connectivity index (χ3v) is 3.60. The SMILES string of the molecule is N#Cc1ccccc1NC(=O)c1cnc(NCc2ccccc2F)cn1. The molecular weight excluding hydrogens is 333 g/mol. The number of benzene rings is 2. The molecule has 0 spiro atoms. The standard InChI is InChI=1S/C19H14FN5O/c20-15-7-3-1-6-14(15)10-23-18-12-22-17(11-24-18)19(26)25-16-8-4-2-5-13(16)9-21/h1-8,11-12H,10H2,(H,23,24)(H,25,26). The number of aromatic nitrogens is 2. The van der Waals surface area contributed by atoms with Crippen LogP contribution in [0.5, 0.6) is 0 Å². The number of carbonyl (C=O) groups is 1. The number of anilines is 2. The van der Waals surface area contributed by atoms with Crippen LogP contribution < -0.4 is 10.6 Å². The number of carbonyl (C=O) groups excluding carboxylic acids is 1. The van der Waals surface area contributed by atoms with E-state index in [0.717, 1.165) is 0 Å². The van der Waals surface area contributed by atoms with Crippen molar-refractivity contribution in [3.05, 3.63) is 83.6 Å². The lowest BCUT2D eigenvalue weighted by molar-refractivity contribution is 0.102. The number of rotatable bonds is 5. The van der Waals surface area contributed by atoms with Gasteiger partial charge < -0.3 is 10.6 Å². The van der Waals surface area contributed by atoms with Gasteiger partial charge in [0, 0.05) is 12.1 Å². The summed E-state index contributed by atoms with van der Waals surface area (Å²) >= 11 is 0. The fourth-order valence-electron chi connectivity index (χ4n) is 2.24. The van der Waals surface area contributed by atoms with Crippen molar-refractivity contribution in [3.63, 3.8) is 0 Å². The van der Waals surface area contributed by atoms with Crippen molar-refractivity contribution in [1.29, 1.82) is 5.26 Å². The summed E-state index contributed by atoms with van der Waals surface area (Å²) in [6.45, 7) is 0.252. The molecule has 0 aliphatic rings. The van der Waals surface area contributed by atoms with Crippen LogP contribution >= 0.6 is 0 Å². The average molecular weight is 347 g/mol. The lowest BCUT2D eigenvalue weighted by Gasteiger charge is -2.08. The van der Waals surface area contributed by atoms with Crippen LogP contribution in [0, 0.1) is 17.1 Å². The summed E-state index contributed by atoms with van der Waals surface area (Å²) in [5.41, 5.74) is 1.37. The van der Waals surface area contributed by atoms with E-state index >= 15 is 0 Å². The molecule has 3 rings (SSSR count). The molecule has 3 aromatic rings. The van der Waals surface area contributed by atoms with Crippen LogP contribution in [0.25, 0.3) is 0 Å². The second-order valence-corrected chi connectivity index (χ2v) is 5.34. The summed E-state index contributed by atoms with van der Waals surface area (Å²) in [4.78, 5) is 20.4. The van der Waals surface area contributed by atoms with Gasteiger partial charge in [0.2, 0.25) is 0 Å². The number of nitrogens with one attached hydrogen (secondary N) is 2. The highest BCUT2D eigenvalue weighted by atomic mass is 19.1. The van der Waals surface area contributed by atoms with Crippen molar-refractivity contribution < 1.29 is 9.18 Å². The molecule has 2 N–H and O–H groups in total. The van der Waals surface area contributed by atoms with Crippen LogP contribution in [0.2, 0.25) is 0 Å². The summed E-state index contributed by atoms with van der Waals surface area (Å²) in [6.07, 6.45) is 2.71. The van der Waals surface area contributed by atoms with Gasteiger partial charge in [0.05, 0.1) is 23.6 Å². The van der Waals surface area contributed by atoms with E-state index in [0.29, 0.717) is 22.6 Å². The molecule has 0 bridgehead atoms. The number of hydrogen-bond acceptors (Lipinski definition) is 5. The van der Waals surface area contributed by atoms with Crippen molar-refractivity contribution in [3.8, 4) is 6.07 Å². The Morgan fingerprint density at radius 2 is 1.85 bits per heavy atom. The second-order valence-electron chi connectivity index (χ2n) is 5.34. The lowest BCUT2D eigenvalue weighted by atomic mass is 10.2. The highest BCUT2D eigenvalue weighted by Gasteiger charge is 2.11. The zero-order chi connectivity index (χ0) is 18.4. The van der Waals surface area contributed by atoms with Crippen molar-refractivity contribution >= 4 is 17.4 Å². The molecular formula is C19H14FN5O. The molecule has 7 heteroatoms. The summed E-state index contributed by atoms with van der Waals surface area (Å²) in [5.74, 6) is -0.358. The Hall–Kier alpha value is -3.79. The minimum atomic E-state index is -0.471. The monoisotopic (exact) mass is 347 g/mol. The number of hydrogen-bond donors (Lipinski definition) is 2. The maximum absolute atomic E-state index is 13.6. The Morgan fingerprint density at radius 3 is 2.58 bits per heavy atom. The van der Waals surface area contributed by atoms with Crippen molar-refractivity contribution in [2.24, 2.45) is 0 Å². The number of nitrogens with zero attached hydrogens (tertiary/aromatic N) is 3. The van der Waals surface area contributed by atoms with Crippen LogP contribution in [0.4, 0.5) is 15.9 Å². The van der Waals surface area contributed by atoms with Gasteiger partial charge in [-0.2, -0.15) is 5.26 Å². The van der Waals surface area contributed by atoms with Crippen molar-refractivity contribution in [2.75, 3.05) is 10.6 Å². The van der Waals surface area contributed by atoms with E-state index in [1.54, 1.807) is 42.5 Å². The smallest absolute Gasteiger partial charge is 0.275 e. The molecule has 0 unspecified atom stereocenters. The molecule has 0 fully saturated rings. The predicted octanol–water partition coefficient (Wildman–Crippen LogP) is 3.35. The first-order chi connectivity index (χ1) is 12.7. The normalized spacial score (nSPS) is 10.0. The second kappa shape index (κ2) is 7.85. The van der Waals surface area contributed by atoms with Gasteiger partial charge in [-0.05, 0) is 18.2 Å². The van der Waals surface area contributed by atoms with E-state index in [1.807, 2.05) is 6.07 Å². The zero-order valence-electron chi connectivity index (χ0n) is 13.6. The summed E-state index contributed by atoms with van der Waals surface area (Å²) in [7, 11) is 0. The van der Waals surface area contributed by atoms with Gasteiger partial charge >= 0.3 is 0 Å². The Labute approximate surface area is 149 Å². The minimum Gasteiger partial charge on any atom is -0.365 e. The molecule has 0 aliphatic heterocycles. The average Bonchev–Trinajstić information content (AvgIpc) is 2.68. The molecule has 128 valence electrons. The molecule has 6 nitrogen and oxygen atoms in total. The third-order valence-electron chi connectivity index (χ3n) is 3.60. The van der Waals surface area contributed by atoms with Gasteiger partial charge in [-0.1, -0.05) is 30.3 Å². The molecule has 0 radical (unpaired) electrons.